The summed E-state index contributed by atoms with van der Waals surface area (Å²) in [6.45, 7) is 6.59. The molecule has 6 heteroatoms. The minimum atomic E-state index is 0.179. The van der Waals surface area contributed by atoms with Crippen LogP contribution in [-0.4, -0.2) is 44.0 Å². The van der Waals surface area contributed by atoms with Gasteiger partial charge < -0.3 is 25.2 Å². The third kappa shape index (κ3) is 5.56. The van der Waals surface area contributed by atoms with Crippen molar-refractivity contribution < 1.29 is 14.6 Å². The minimum absolute atomic E-state index is 0.179. The molecule has 0 amide bonds. The Morgan fingerprint density at radius 2 is 2.07 bits per heavy atom. The van der Waals surface area contributed by atoms with Gasteiger partial charge in [0.25, 0.3) is 0 Å². The fraction of sp³-hybridized carbons (Fsp3) is 0.696. The summed E-state index contributed by atoms with van der Waals surface area (Å²) in [7, 11) is 1.71. The molecule has 29 heavy (non-hydrogen) atoms. The molecule has 1 unspecified atom stereocenters. The van der Waals surface area contributed by atoms with Crippen LogP contribution >= 0.6 is 0 Å². The topological polar surface area (TPSA) is 75.1 Å². The number of ether oxygens (including phenoxy) is 2. The number of aliphatic hydroxyl groups is 1. The average Bonchev–Trinajstić information content (AvgIpc) is 3.09. The first-order chi connectivity index (χ1) is 14.1. The first-order valence-corrected chi connectivity index (χ1v) is 11.1. The molecule has 0 aromatic heterocycles. The Hall–Kier alpha value is -1.95. The molecule has 0 spiro atoms. The van der Waals surface area contributed by atoms with Crippen molar-refractivity contribution in [3.8, 4) is 11.5 Å². The number of methoxy groups -OCH3 is 1. The Balaban J connectivity index is 1.70. The zero-order valence-corrected chi connectivity index (χ0v) is 18.2. The zero-order chi connectivity index (χ0) is 20.7. The number of nitrogens with zero attached hydrogens (tertiary/aromatic N) is 1. The highest BCUT2D eigenvalue weighted by atomic mass is 16.5. The van der Waals surface area contributed by atoms with Crippen molar-refractivity contribution in [2.45, 2.75) is 71.4 Å². The highest BCUT2D eigenvalue weighted by Gasteiger charge is 2.31. The number of benzene rings is 1. The van der Waals surface area contributed by atoms with Crippen LogP contribution in [-0.2, 0) is 13.0 Å². The summed E-state index contributed by atoms with van der Waals surface area (Å²) in [5, 5.41) is 16.4. The Morgan fingerprint density at radius 3 is 2.76 bits per heavy atom. The van der Waals surface area contributed by atoms with Gasteiger partial charge in [-0.05, 0) is 50.7 Å². The van der Waals surface area contributed by atoms with E-state index in [4.69, 9.17) is 14.5 Å². The van der Waals surface area contributed by atoms with Crippen LogP contribution in [0.2, 0.25) is 0 Å². The fourth-order valence-corrected chi connectivity index (χ4v) is 4.63. The second-order valence-electron chi connectivity index (χ2n) is 8.49. The first kappa shape index (κ1) is 21.8. The van der Waals surface area contributed by atoms with Crippen LogP contribution in [0.5, 0.6) is 11.5 Å². The monoisotopic (exact) mass is 403 g/mol. The van der Waals surface area contributed by atoms with E-state index in [0.717, 1.165) is 49.0 Å². The van der Waals surface area contributed by atoms with E-state index in [2.05, 4.69) is 36.6 Å². The van der Waals surface area contributed by atoms with E-state index >= 15 is 0 Å². The van der Waals surface area contributed by atoms with Crippen LogP contribution in [0.1, 0.15) is 63.5 Å². The molecule has 0 radical (unpaired) electrons. The maximum Gasteiger partial charge on any atom is 0.191 e. The molecule has 2 aliphatic rings. The van der Waals surface area contributed by atoms with Gasteiger partial charge in [-0.3, -0.25) is 0 Å². The Kier molecular flexibility index (Phi) is 7.64. The number of hydrogen-bond donors (Lipinski definition) is 3. The smallest absolute Gasteiger partial charge is 0.191 e. The second-order valence-corrected chi connectivity index (χ2v) is 8.49. The SMILES string of the molecule is CCNC(=NCc1cc2c(cc1OC)CC(C)O2)NCC1(CCO)CCCCC1. The molecule has 1 aromatic rings. The van der Waals surface area contributed by atoms with E-state index in [-0.39, 0.29) is 18.1 Å². The summed E-state index contributed by atoms with van der Waals surface area (Å²) in [6, 6.07) is 4.15. The van der Waals surface area contributed by atoms with Crippen molar-refractivity contribution in [2.24, 2.45) is 10.4 Å². The molecule has 1 aromatic carbocycles. The van der Waals surface area contributed by atoms with Gasteiger partial charge in [0.1, 0.15) is 17.6 Å². The number of aliphatic hydroxyl groups excluding tert-OH is 1. The lowest BCUT2D eigenvalue weighted by molar-refractivity contribution is 0.131. The molecule has 1 fully saturated rings. The summed E-state index contributed by atoms with van der Waals surface area (Å²) in [6.07, 6.45) is 8.15. The number of rotatable bonds is 8. The van der Waals surface area contributed by atoms with Gasteiger partial charge in [0.05, 0.1) is 13.7 Å². The molecule has 1 aliphatic heterocycles. The summed E-state index contributed by atoms with van der Waals surface area (Å²) in [5.74, 6) is 2.63. The van der Waals surface area contributed by atoms with E-state index in [1.54, 1.807) is 7.11 Å². The number of aliphatic imine (C=N–C) groups is 1. The van der Waals surface area contributed by atoms with Gasteiger partial charge in [0.2, 0.25) is 0 Å². The van der Waals surface area contributed by atoms with E-state index in [1.165, 1.54) is 37.7 Å². The summed E-state index contributed by atoms with van der Waals surface area (Å²) >= 11 is 0. The molecule has 3 rings (SSSR count). The van der Waals surface area contributed by atoms with Gasteiger partial charge in [-0.15, -0.1) is 0 Å². The Bertz CT molecular complexity index is 693. The average molecular weight is 404 g/mol. The molecule has 3 N–H and O–H groups in total. The molecule has 1 aliphatic carbocycles. The van der Waals surface area contributed by atoms with Gasteiger partial charge in [-0.2, -0.15) is 0 Å². The van der Waals surface area contributed by atoms with Crippen molar-refractivity contribution in [1.29, 1.82) is 0 Å². The van der Waals surface area contributed by atoms with Crippen LogP contribution in [0, 0.1) is 5.41 Å². The summed E-state index contributed by atoms with van der Waals surface area (Å²) in [5.41, 5.74) is 2.41. The van der Waals surface area contributed by atoms with Crippen molar-refractivity contribution in [2.75, 3.05) is 26.8 Å². The van der Waals surface area contributed by atoms with E-state index in [1.807, 2.05) is 0 Å². The van der Waals surface area contributed by atoms with Crippen molar-refractivity contribution in [1.82, 2.24) is 10.6 Å². The van der Waals surface area contributed by atoms with Crippen molar-refractivity contribution in [3.63, 3.8) is 0 Å². The van der Waals surface area contributed by atoms with Crippen LogP contribution in [0.25, 0.3) is 0 Å². The van der Waals surface area contributed by atoms with Gasteiger partial charge in [0, 0.05) is 37.2 Å². The molecule has 0 saturated heterocycles. The van der Waals surface area contributed by atoms with Crippen LogP contribution in [0.3, 0.4) is 0 Å². The number of guanidine groups is 1. The van der Waals surface area contributed by atoms with Crippen LogP contribution in [0.15, 0.2) is 17.1 Å². The molecule has 0 bridgehead atoms. The van der Waals surface area contributed by atoms with Crippen LogP contribution in [0.4, 0.5) is 0 Å². The molecule has 1 saturated carbocycles. The number of hydrogen-bond acceptors (Lipinski definition) is 4. The zero-order valence-electron chi connectivity index (χ0n) is 18.2. The minimum Gasteiger partial charge on any atom is -0.496 e. The predicted octanol–water partition coefficient (Wildman–Crippen LogP) is 3.41. The highest BCUT2D eigenvalue weighted by Crippen LogP contribution is 2.38. The normalized spacial score (nSPS) is 20.7. The Labute approximate surface area is 175 Å². The second kappa shape index (κ2) is 10.2. The molecule has 6 nitrogen and oxygen atoms in total. The highest BCUT2D eigenvalue weighted by molar-refractivity contribution is 5.79. The quantitative estimate of drug-likeness (QED) is 0.458. The lowest BCUT2D eigenvalue weighted by Gasteiger charge is -2.37. The molecular formula is C23H37N3O3. The van der Waals surface area contributed by atoms with Gasteiger partial charge >= 0.3 is 0 Å². The van der Waals surface area contributed by atoms with Gasteiger partial charge in [-0.1, -0.05) is 19.3 Å². The van der Waals surface area contributed by atoms with E-state index < -0.39 is 0 Å². The Morgan fingerprint density at radius 1 is 1.28 bits per heavy atom. The standard InChI is InChI=1S/C23H37N3O3/c1-4-24-22(26-16-23(10-11-27)8-6-5-7-9-23)25-15-19-14-21-18(12-17(2)29-21)13-20(19)28-3/h13-14,17,27H,4-12,15-16H2,1-3H3,(H2,24,25,26). The predicted molar refractivity (Wildman–Crippen MR) is 117 cm³/mol. The van der Waals surface area contributed by atoms with Gasteiger partial charge in [-0.25, -0.2) is 4.99 Å². The van der Waals surface area contributed by atoms with Gasteiger partial charge in [0.15, 0.2) is 5.96 Å². The third-order valence-electron chi connectivity index (χ3n) is 6.24. The number of fused-ring (bicyclic) bond motifs is 1. The van der Waals surface area contributed by atoms with Crippen LogP contribution < -0.4 is 20.1 Å². The largest absolute Gasteiger partial charge is 0.496 e. The lowest BCUT2D eigenvalue weighted by Crippen LogP contribution is -2.44. The fourth-order valence-electron chi connectivity index (χ4n) is 4.63. The third-order valence-corrected chi connectivity index (χ3v) is 6.24. The maximum absolute atomic E-state index is 9.56. The van der Waals surface area contributed by atoms with E-state index in [0.29, 0.717) is 6.54 Å². The van der Waals surface area contributed by atoms with Crippen molar-refractivity contribution >= 4 is 5.96 Å². The first-order valence-electron chi connectivity index (χ1n) is 11.1. The molecule has 1 atom stereocenters. The maximum atomic E-state index is 9.56. The van der Waals surface area contributed by atoms with Crippen molar-refractivity contribution in [3.05, 3.63) is 23.3 Å². The summed E-state index contributed by atoms with van der Waals surface area (Å²) < 4.78 is 11.5. The lowest BCUT2D eigenvalue weighted by atomic mass is 9.72. The number of nitrogens with one attached hydrogen (secondary N) is 2. The molecule has 162 valence electrons. The summed E-state index contributed by atoms with van der Waals surface area (Å²) in [4.78, 5) is 4.81. The van der Waals surface area contributed by atoms with E-state index in [9.17, 15) is 5.11 Å². The molecule has 1 heterocycles. The molecular weight excluding hydrogens is 366 g/mol.